The van der Waals surface area contributed by atoms with Gasteiger partial charge in [0.2, 0.25) is 10.0 Å². The second-order valence-electron chi connectivity index (χ2n) is 4.48. The maximum atomic E-state index is 12.6. The SMILES string of the molecule is CC(C(=O)O)N(C)S(=O)(=O)Cc1cccc(C(F)(F)F)c1. The molecule has 0 saturated carbocycles. The number of likely N-dealkylation sites (N-methyl/N-ethyl adjacent to an activating group) is 1. The Kier molecular flexibility index (Phi) is 5.00. The largest absolute Gasteiger partial charge is 0.480 e. The molecule has 0 spiro atoms. The van der Waals surface area contributed by atoms with E-state index in [1.165, 1.54) is 13.0 Å². The zero-order chi connectivity index (χ0) is 16.4. The molecule has 1 aromatic rings. The van der Waals surface area contributed by atoms with Crippen LogP contribution in [0.5, 0.6) is 0 Å². The Bertz CT molecular complexity index is 628. The lowest BCUT2D eigenvalue weighted by atomic mass is 10.1. The predicted molar refractivity (Wildman–Crippen MR) is 68.9 cm³/mol. The third kappa shape index (κ3) is 4.43. The molecule has 1 N–H and O–H groups in total. The average Bonchev–Trinajstić information content (AvgIpc) is 2.35. The van der Waals surface area contributed by atoms with Crippen molar-refractivity contribution in [3.05, 3.63) is 35.4 Å². The molecule has 1 unspecified atom stereocenters. The summed E-state index contributed by atoms with van der Waals surface area (Å²) in [5.41, 5.74) is -1.02. The molecule has 0 aliphatic carbocycles. The number of rotatable bonds is 5. The molecule has 0 heterocycles. The first-order valence-corrected chi connectivity index (χ1v) is 7.40. The van der Waals surface area contributed by atoms with E-state index in [-0.39, 0.29) is 5.56 Å². The lowest BCUT2D eigenvalue weighted by Gasteiger charge is -2.21. The summed E-state index contributed by atoms with van der Waals surface area (Å²) in [6.07, 6.45) is -4.57. The van der Waals surface area contributed by atoms with E-state index in [1.807, 2.05) is 0 Å². The number of aliphatic carboxylic acids is 1. The van der Waals surface area contributed by atoms with Gasteiger partial charge in [-0.3, -0.25) is 4.79 Å². The third-order valence-corrected chi connectivity index (χ3v) is 4.84. The van der Waals surface area contributed by atoms with Crippen molar-refractivity contribution in [2.45, 2.75) is 24.9 Å². The van der Waals surface area contributed by atoms with Crippen LogP contribution in [0.1, 0.15) is 18.1 Å². The van der Waals surface area contributed by atoms with Crippen LogP contribution in [0.15, 0.2) is 24.3 Å². The van der Waals surface area contributed by atoms with E-state index in [9.17, 15) is 26.4 Å². The molecule has 9 heteroatoms. The summed E-state index contributed by atoms with van der Waals surface area (Å²) in [4.78, 5) is 10.8. The second-order valence-corrected chi connectivity index (χ2v) is 6.51. The van der Waals surface area contributed by atoms with Gasteiger partial charge in [0.05, 0.1) is 11.3 Å². The standard InChI is InChI=1S/C12H14F3NO4S/c1-8(11(17)18)16(2)21(19,20)7-9-4-3-5-10(6-9)12(13,14)15/h3-6,8H,7H2,1-2H3,(H,17,18). The van der Waals surface area contributed by atoms with Gasteiger partial charge < -0.3 is 5.11 Å². The summed E-state index contributed by atoms with van der Waals surface area (Å²) in [6.45, 7) is 1.17. The number of halogens is 3. The third-order valence-electron chi connectivity index (χ3n) is 2.94. The highest BCUT2D eigenvalue weighted by Crippen LogP contribution is 2.30. The van der Waals surface area contributed by atoms with E-state index >= 15 is 0 Å². The van der Waals surface area contributed by atoms with Crippen molar-refractivity contribution in [2.24, 2.45) is 0 Å². The molecule has 5 nitrogen and oxygen atoms in total. The van der Waals surface area contributed by atoms with Gasteiger partial charge in [-0.15, -0.1) is 0 Å². The first kappa shape index (κ1) is 17.4. The van der Waals surface area contributed by atoms with Gasteiger partial charge in [-0.1, -0.05) is 18.2 Å². The van der Waals surface area contributed by atoms with Gasteiger partial charge in [-0.25, -0.2) is 8.42 Å². The van der Waals surface area contributed by atoms with Crippen LogP contribution in [-0.4, -0.2) is 36.9 Å². The Morgan fingerprint density at radius 2 is 1.95 bits per heavy atom. The van der Waals surface area contributed by atoms with Crippen molar-refractivity contribution in [1.82, 2.24) is 4.31 Å². The van der Waals surface area contributed by atoms with Crippen molar-refractivity contribution < 1.29 is 31.5 Å². The minimum atomic E-state index is -4.57. The van der Waals surface area contributed by atoms with Gasteiger partial charge in [0, 0.05) is 7.05 Å². The topological polar surface area (TPSA) is 74.7 Å². The minimum absolute atomic E-state index is 0.0609. The lowest BCUT2D eigenvalue weighted by Crippen LogP contribution is -2.40. The van der Waals surface area contributed by atoms with Gasteiger partial charge in [-0.05, 0) is 18.6 Å². The number of sulfonamides is 1. The highest BCUT2D eigenvalue weighted by atomic mass is 32.2. The van der Waals surface area contributed by atoms with Crippen molar-refractivity contribution >= 4 is 16.0 Å². The summed E-state index contributed by atoms with van der Waals surface area (Å²) in [5.74, 6) is -2.05. The summed E-state index contributed by atoms with van der Waals surface area (Å²) >= 11 is 0. The van der Waals surface area contributed by atoms with Crippen LogP contribution in [0, 0.1) is 0 Å². The fraction of sp³-hybridized carbons (Fsp3) is 0.417. The number of hydrogen-bond acceptors (Lipinski definition) is 3. The summed E-state index contributed by atoms with van der Waals surface area (Å²) < 4.78 is 62.3. The Morgan fingerprint density at radius 3 is 2.43 bits per heavy atom. The van der Waals surface area contributed by atoms with Crippen molar-refractivity contribution in [1.29, 1.82) is 0 Å². The van der Waals surface area contributed by atoms with Crippen LogP contribution in [0.4, 0.5) is 13.2 Å². The van der Waals surface area contributed by atoms with E-state index < -0.39 is 39.5 Å². The molecule has 0 radical (unpaired) electrons. The molecule has 0 saturated heterocycles. The molecule has 0 aliphatic heterocycles. The molecule has 1 rings (SSSR count). The van der Waals surface area contributed by atoms with Gasteiger partial charge >= 0.3 is 12.1 Å². The van der Waals surface area contributed by atoms with E-state index in [0.717, 1.165) is 25.2 Å². The number of alkyl halides is 3. The Morgan fingerprint density at radius 1 is 1.38 bits per heavy atom. The molecule has 0 bridgehead atoms. The summed E-state index contributed by atoms with van der Waals surface area (Å²) in [6, 6.07) is 2.61. The lowest BCUT2D eigenvalue weighted by molar-refractivity contribution is -0.140. The molecule has 1 aromatic carbocycles. The highest BCUT2D eigenvalue weighted by molar-refractivity contribution is 7.88. The minimum Gasteiger partial charge on any atom is -0.480 e. The fourth-order valence-electron chi connectivity index (χ4n) is 1.55. The van der Waals surface area contributed by atoms with Crippen LogP contribution in [0.3, 0.4) is 0 Å². The van der Waals surface area contributed by atoms with E-state index in [4.69, 9.17) is 5.11 Å². The molecule has 0 aromatic heterocycles. The quantitative estimate of drug-likeness (QED) is 0.898. The van der Waals surface area contributed by atoms with Crippen LogP contribution in [0.25, 0.3) is 0 Å². The van der Waals surface area contributed by atoms with E-state index in [1.54, 1.807) is 0 Å². The van der Waals surface area contributed by atoms with Crippen LogP contribution < -0.4 is 0 Å². The number of carbonyl (C=O) groups is 1. The Balaban J connectivity index is 3.03. The molecule has 118 valence electrons. The zero-order valence-corrected chi connectivity index (χ0v) is 12.1. The first-order chi connectivity index (χ1) is 9.45. The molecule has 1 atom stereocenters. The van der Waals surface area contributed by atoms with Crippen molar-refractivity contribution in [3.8, 4) is 0 Å². The van der Waals surface area contributed by atoms with Gasteiger partial charge in [0.15, 0.2) is 0 Å². The normalized spacial score (nSPS) is 14.2. The number of benzene rings is 1. The summed E-state index contributed by atoms with van der Waals surface area (Å²) in [7, 11) is -2.96. The van der Waals surface area contributed by atoms with Gasteiger partial charge in [0.1, 0.15) is 6.04 Å². The molecule has 0 fully saturated rings. The molecular weight excluding hydrogens is 311 g/mol. The van der Waals surface area contributed by atoms with Crippen LogP contribution >= 0.6 is 0 Å². The molecule has 0 amide bonds. The van der Waals surface area contributed by atoms with Crippen molar-refractivity contribution in [3.63, 3.8) is 0 Å². The van der Waals surface area contributed by atoms with Gasteiger partial charge in [0.25, 0.3) is 0 Å². The maximum absolute atomic E-state index is 12.6. The second kappa shape index (κ2) is 6.02. The monoisotopic (exact) mass is 325 g/mol. The van der Waals surface area contributed by atoms with E-state index in [2.05, 4.69) is 0 Å². The van der Waals surface area contributed by atoms with Crippen LogP contribution in [0.2, 0.25) is 0 Å². The smallest absolute Gasteiger partial charge is 0.416 e. The van der Waals surface area contributed by atoms with E-state index in [0.29, 0.717) is 4.31 Å². The summed E-state index contributed by atoms with van der Waals surface area (Å²) in [5, 5.41) is 8.78. The van der Waals surface area contributed by atoms with Crippen LogP contribution in [-0.2, 0) is 26.7 Å². The number of hydrogen-bond donors (Lipinski definition) is 1. The molecular formula is C12H14F3NO4S. The Hall–Kier alpha value is -1.61. The number of nitrogens with zero attached hydrogens (tertiary/aromatic N) is 1. The maximum Gasteiger partial charge on any atom is 0.416 e. The average molecular weight is 325 g/mol. The first-order valence-electron chi connectivity index (χ1n) is 5.80. The molecule has 21 heavy (non-hydrogen) atoms. The molecule has 0 aliphatic rings. The highest BCUT2D eigenvalue weighted by Gasteiger charge is 2.32. The van der Waals surface area contributed by atoms with Crippen molar-refractivity contribution in [2.75, 3.05) is 7.05 Å². The number of carboxylic acid groups (broad SMARTS) is 1. The zero-order valence-electron chi connectivity index (χ0n) is 11.3. The van der Waals surface area contributed by atoms with Gasteiger partial charge in [-0.2, -0.15) is 17.5 Å². The number of carboxylic acids is 1. The predicted octanol–water partition coefficient (Wildman–Crippen LogP) is 1.94. The fourth-order valence-corrected chi connectivity index (χ4v) is 2.92. The Labute approximate surface area is 120 Å².